The van der Waals surface area contributed by atoms with Gasteiger partial charge in [-0.3, -0.25) is 4.79 Å². The van der Waals surface area contributed by atoms with E-state index in [9.17, 15) is 9.90 Å². The Labute approximate surface area is 193 Å². The lowest BCUT2D eigenvalue weighted by Crippen LogP contribution is -2.34. The molecule has 0 aromatic carbocycles. The van der Waals surface area contributed by atoms with E-state index in [4.69, 9.17) is 4.74 Å². The Morgan fingerprint density at radius 2 is 2.06 bits per heavy atom. The number of anilines is 1. The van der Waals surface area contributed by atoms with Gasteiger partial charge >= 0.3 is 0 Å². The van der Waals surface area contributed by atoms with Gasteiger partial charge in [-0.1, -0.05) is 0 Å². The van der Waals surface area contributed by atoms with E-state index in [0.29, 0.717) is 34.5 Å². The number of hydrogen-bond acceptors (Lipinski definition) is 7. The molecule has 0 atom stereocenters. The molecule has 10 nitrogen and oxygen atoms in total. The number of carbonyl (C=O) groups is 1. The first-order chi connectivity index (χ1) is 16.3. The fourth-order valence-electron chi connectivity index (χ4n) is 5.52. The lowest BCUT2D eigenvalue weighted by atomic mass is 9.93. The standard InChI is InChI=1S/C23H24FN7O3/c1-25-19(32)14-10-26-30-8-3-13(9-16(14)30)17-15(24)11-31-18(17)20(34-2)27-21(29-31)28-22-4-6-23(33,12-22)7-5-22/h3,8-11,33H,4-7,12H2,1-2H3,(H,25,32)(H,28,29). The largest absolute Gasteiger partial charge is 0.479 e. The third-order valence-corrected chi connectivity index (χ3v) is 7.21. The average Bonchev–Trinajstić information content (AvgIpc) is 3.56. The van der Waals surface area contributed by atoms with Gasteiger partial charge in [-0.25, -0.2) is 13.4 Å². The molecule has 0 aliphatic heterocycles. The zero-order chi connectivity index (χ0) is 23.7. The summed E-state index contributed by atoms with van der Waals surface area (Å²) in [5.74, 6) is -0.232. The molecule has 0 saturated heterocycles. The molecule has 4 aromatic heterocycles. The van der Waals surface area contributed by atoms with Crippen LogP contribution in [-0.2, 0) is 0 Å². The summed E-state index contributed by atoms with van der Waals surface area (Å²) in [7, 11) is 3.02. The third kappa shape index (κ3) is 3.03. The molecule has 34 heavy (non-hydrogen) atoms. The number of rotatable bonds is 5. The van der Waals surface area contributed by atoms with Crippen LogP contribution in [0.15, 0.2) is 30.7 Å². The van der Waals surface area contributed by atoms with Crippen molar-refractivity contribution in [1.82, 2.24) is 29.5 Å². The van der Waals surface area contributed by atoms with E-state index >= 15 is 4.39 Å². The Balaban J connectivity index is 1.45. The highest BCUT2D eigenvalue weighted by atomic mass is 19.1. The van der Waals surface area contributed by atoms with E-state index in [2.05, 4.69) is 25.8 Å². The van der Waals surface area contributed by atoms with Crippen LogP contribution in [0, 0.1) is 5.82 Å². The van der Waals surface area contributed by atoms with Gasteiger partial charge in [0.15, 0.2) is 5.82 Å². The molecular weight excluding hydrogens is 441 g/mol. The summed E-state index contributed by atoms with van der Waals surface area (Å²) in [4.78, 5) is 16.7. The van der Waals surface area contributed by atoms with Gasteiger partial charge in [0.1, 0.15) is 5.52 Å². The van der Waals surface area contributed by atoms with Crippen molar-refractivity contribution in [1.29, 1.82) is 0 Å². The SMILES string of the molecule is CNC(=O)c1cnn2ccc(-c3c(F)cn4nc(NC56CCC(O)(CC5)C6)nc(OC)c34)cc12. The van der Waals surface area contributed by atoms with Crippen molar-refractivity contribution in [2.45, 2.75) is 43.2 Å². The Morgan fingerprint density at radius 3 is 2.74 bits per heavy atom. The van der Waals surface area contributed by atoms with Crippen LogP contribution in [-0.4, -0.2) is 60.5 Å². The smallest absolute Gasteiger partial charge is 0.254 e. The molecule has 11 heteroatoms. The number of halogens is 1. The summed E-state index contributed by atoms with van der Waals surface area (Å²) >= 11 is 0. The zero-order valence-electron chi connectivity index (χ0n) is 18.8. The highest BCUT2D eigenvalue weighted by Gasteiger charge is 2.53. The first kappa shape index (κ1) is 20.8. The van der Waals surface area contributed by atoms with Gasteiger partial charge in [-0.05, 0) is 49.8 Å². The molecule has 6 rings (SSSR count). The lowest BCUT2D eigenvalue weighted by Gasteiger charge is -2.27. The number of pyridine rings is 1. The summed E-state index contributed by atoms with van der Waals surface area (Å²) < 4.78 is 23.8. The van der Waals surface area contributed by atoms with Crippen molar-refractivity contribution < 1.29 is 19.0 Å². The second kappa shape index (κ2) is 7.13. The van der Waals surface area contributed by atoms with Crippen LogP contribution in [0.2, 0.25) is 0 Å². The van der Waals surface area contributed by atoms with Gasteiger partial charge in [-0.2, -0.15) is 10.1 Å². The van der Waals surface area contributed by atoms with Crippen LogP contribution in [0.25, 0.3) is 22.2 Å². The maximum Gasteiger partial charge on any atom is 0.254 e. The number of methoxy groups -OCH3 is 1. The Kier molecular flexibility index (Phi) is 4.37. The maximum atomic E-state index is 15.3. The van der Waals surface area contributed by atoms with Gasteiger partial charge in [0, 0.05) is 18.8 Å². The summed E-state index contributed by atoms with van der Waals surface area (Å²) in [5, 5.41) is 25.2. The Bertz CT molecular complexity index is 1450. The molecule has 2 aliphatic carbocycles. The first-order valence-corrected chi connectivity index (χ1v) is 11.2. The molecule has 3 N–H and O–H groups in total. The van der Waals surface area contributed by atoms with E-state index in [1.54, 1.807) is 29.9 Å². The quantitative estimate of drug-likeness (QED) is 0.414. The van der Waals surface area contributed by atoms with E-state index in [1.165, 1.54) is 24.0 Å². The van der Waals surface area contributed by atoms with Crippen LogP contribution >= 0.6 is 0 Å². The maximum absolute atomic E-state index is 15.3. The number of amides is 1. The van der Waals surface area contributed by atoms with Crippen LogP contribution in [0.5, 0.6) is 5.88 Å². The Morgan fingerprint density at radius 1 is 1.26 bits per heavy atom. The topological polar surface area (TPSA) is 118 Å². The normalized spacial score (nSPS) is 23.6. The summed E-state index contributed by atoms with van der Waals surface area (Å²) in [6, 6.07) is 3.42. The predicted molar refractivity (Wildman–Crippen MR) is 121 cm³/mol. The second-order valence-corrected chi connectivity index (χ2v) is 9.28. The van der Waals surface area contributed by atoms with Gasteiger partial charge in [0.25, 0.3) is 5.91 Å². The molecule has 4 aromatic rings. The molecular formula is C23H24FN7O3. The van der Waals surface area contributed by atoms with Gasteiger partial charge < -0.3 is 20.5 Å². The van der Waals surface area contributed by atoms with E-state index in [0.717, 1.165) is 25.7 Å². The fourth-order valence-corrected chi connectivity index (χ4v) is 5.52. The molecule has 0 spiro atoms. The number of aromatic nitrogens is 5. The van der Waals surface area contributed by atoms with Crippen molar-refractivity contribution in [2.75, 3.05) is 19.5 Å². The minimum Gasteiger partial charge on any atom is -0.479 e. The summed E-state index contributed by atoms with van der Waals surface area (Å²) in [6.07, 6.45) is 8.23. The summed E-state index contributed by atoms with van der Waals surface area (Å²) in [5.41, 5.74) is 1.24. The molecule has 4 heterocycles. The van der Waals surface area contributed by atoms with Crippen LogP contribution in [0.1, 0.15) is 42.5 Å². The van der Waals surface area contributed by atoms with Crippen LogP contribution in [0.4, 0.5) is 10.3 Å². The first-order valence-electron chi connectivity index (χ1n) is 11.2. The number of nitrogens with one attached hydrogen (secondary N) is 2. The van der Waals surface area contributed by atoms with Crippen LogP contribution < -0.4 is 15.4 Å². The van der Waals surface area contributed by atoms with Crippen molar-refractivity contribution in [3.63, 3.8) is 0 Å². The molecule has 2 bridgehead atoms. The highest BCUT2D eigenvalue weighted by molar-refractivity contribution is 6.01. The number of aliphatic hydroxyl groups is 1. The van der Waals surface area contributed by atoms with Crippen molar-refractivity contribution in [3.8, 4) is 17.0 Å². The highest BCUT2D eigenvalue weighted by Crippen LogP contribution is 2.51. The summed E-state index contributed by atoms with van der Waals surface area (Å²) in [6.45, 7) is 0. The second-order valence-electron chi connectivity index (χ2n) is 9.28. The average molecular weight is 465 g/mol. The monoisotopic (exact) mass is 465 g/mol. The number of carbonyl (C=O) groups excluding carboxylic acids is 1. The van der Waals surface area contributed by atoms with E-state index in [1.807, 2.05) is 0 Å². The third-order valence-electron chi connectivity index (χ3n) is 7.21. The number of fused-ring (bicyclic) bond motifs is 4. The number of ether oxygens (including phenoxy) is 1. The van der Waals surface area contributed by atoms with Crippen molar-refractivity contribution >= 4 is 22.9 Å². The van der Waals surface area contributed by atoms with Crippen LogP contribution in [0.3, 0.4) is 0 Å². The van der Waals surface area contributed by atoms with E-state index in [-0.39, 0.29) is 22.9 Å². The molecule has 0 radical (unpaired) electrons. The molecule has 0 unspecified atom stereocenters. The fraction of sp³-hybridized carbons (Fsp3) is 0.391. The molecule has 2 aliphatic rings. The molecule has 2 saturated carbocycles. The van der Waals surface area contributed by atoms with E-state index < -0.39 is 11.4 Å². The predicted octanol–water partition coefficient (Wildman–Crippen LogP) is 2.41. The molecule has 176 valence electrons. The molecule has 2 fully saturated rings. The van der Waals surface area contributed by atoms with Gasteiger partial charge in [0.05, 0.1) is 41.7 Å². The van der Waals surface area contributed by atoms with Gasteiger partial charge in [-0.15, -0.1) is 5.10 Å². The lowest BCUT2D eigenvalue weighted by molar-refractivity contribution is 0.0521. The zero-order valence-corrected chi connectivity index (χ0v) is 18.8. The molecule has 1 amide bonds. The number of hydrogen-bond donors (Lipinski definition) is 3. The minimum absolute atomic E-state index is 0.221. The minimum atomic E-state index is -0.617. The van der Waals surface area contributed by atoms with Crippen molar-refractivity contribution in [2.24, 2.45) is 0 Å². The van der Waals surface area contributed by atoms with Gasteiger partial charge in [0.2, 0.25) is 11.8 Å². The van der Waals surface area contributed by atoms with Crippen molar-refractivity contribution in [3.05, 3.63) is 42.1 Å². The Hall–Kier alpha value is -3.73. The number of nitrogens with zero attached hydrogens (tertiary/aromatic N) is 5.